The summed E-state index contributed by atoms with van der Waals surface area (Å²) in [6, 6.07) is 0.535. The fourth-order valence-electron chi connectivity index (χ4n) is 1.96. The summed E-state index contributed by atoms with van der Waals surface area (Å²) in [6.07, 6.45) is -2.92. The molecule has 1 atom stereocenters. The van der Waals surface area contributed by atoms with Crippen LogP contribution in [0, 0.1) is 11.7 Å². The van der Waals surface area contributed by atoms with Crippen LogP contribution >= 0.6 is 0 Å². The number of benzene rings is 1. The average molecular weight is 291 g/mol. The minimum Gasteiger partial charge on any atom is -0.480 e. The normalized spacial score (nSPS) is 17.0. The number of aliphatic carboxylic acids is 1. The minimum atomic E-state index is -4.80. The largest absolute Gasteiger partial charge is 0.480 e. The van der Waals surface area contributed by atoms with Gasteiger partial charge < -0.3 is 10.4 Å². The molecule has 0 amide bonds. The molecule has 2 rings (SSSR count). The molecule has 1 aromatic carbocycles. The molecule has 1 aromatic rings. The van der Waals surface area contributed by atoms with Crippen molar-refractivity contribution in [2.45, 2.75) is 25.1 Å². The number of carboxylic acids is 1. The average Bonchev–Trinajstić information content (AvgIpc) is 3.13. The van der Waals surface area contributed by atoms with Crippen LogP contribution in [0.15, 0.2) is 18.2 Å². The fourth-order valence-corrected chi connectivity index (χ4v) is 1.96. The van der Waals surface area contributed by atoms with Crippen molar-refractivity contribution in [3.63, 3.8) is 0 Å². The van der Waals surface area contributed by atoms with E-state index in [9.17, 15) is 22.4 Å². The van der Waals surface area contributed by atoms with Gasteiger partial charge in [0.05, 0.1) is 5.56 Å². The van der Waals surface area contributed by atoms with E-state index in [4.69, 9.17) is 5.11 Å². The number of nitrogens with one attached hydrogen (secondary N) is 1. The first-order valence-corrected chi connectivity index (χ1v) is 6.12. The second-order valence-corrected chi connectivity index (χ2v) is 4.85. The number of rotatable bonds is 5. The van der Waals surface area contributed by atoms with Gasteiger partial charge in [-0.2, -0.15) is 13.2 Å². The van der Waals surface area contributed by atoms with Gasteiger partial charge in [-0.15, -0.1) is 0 Å². The molecule has 1 aliphatic rings. The summed E-state index contributed by atoms with van der Waals surface area (Å²) < 4.78 is 51.6. The molecule has 110 valence electrons. The number of hydrogen-bond donors (Lipinski definition) is 2. The zero-order valence-electron chi connectivity index (χ0n) is 10.4. The van der Waals surface area contributed by atoms with Crippen LogP contribution in [0.1, 0.15) is 30.0 Å². The SMILES string of the molecule is O=C(O)C(NCC1CC1)c1ccc(F)cc1C(F)(F)F. The first kappa shape index (κ1) is 14.8. The Hall–Kier alpha value is -1.63. The molecule has 1 aliphatic carbocycles. The van der Waals surface area contributed by atoms with E-state index in [2.05, 4.69) is 5.32 Å². The van der Waals surface area contributed by atoms with Gasteiger partial charge in [0.2, 0.25) is 0 Å². The second kappa shape index (κ2) is 5.40. The van der Waals surface area contributed by atoms with Crippen molar-refractivity contribution in [1.82, 2.24) is 5.32 Å². The van der Waals surface area contributed by atoms with E-state index in [-0.39, 0.29) is 0 Å². The summed E-state index contributed by atoms with van der Waals surface area (Å²) >= 11 is 0. The maximum atomic E-state index is 13.0. The van der Waals surface area contributed by atoms with Gasteiger partial charge in [-0.3, -0.25) is 4.79 Å². The molecular weight excluding hydrogens is 278 g/mol. The lowest BCUT2D eigenvalue weighted by Gasteiger charge is -2.19. The van der Waals surface area contributed by atoms with Gasteiger partial charge in [-0.05, 0) is 43.0 Å². The first-order valence-electron chi connectivity index (χ1n) is 6.12. The number of carbonyl (C=O) groups is 1. The van der Waals surface area contributed by atoms with Crippen LogP contribution in [0.2, 0.25) is 0 Å². The van der Waals surface area contributed by atoms with Crippen molar-refractivity contribution in [3.8, 4) is 0 Å². The van der Waals surface area contributed by atoms with Gasteiger partial charge in [0.15, 0.2) is 0 Å². The van der Waals surface area contributed by atoms with Crippen LogP contribution < -0.4 is 5.32 Å². The summed E-state index contributed by atoms with van der Waals surface area (Å²) in [6.45, 7) is 0.339. The van der Waals surface area contributed by atoms with E-state index in [0.29, 0.717) is 18.5 Å². The Morgan fingerprint density at radius 2 is 2.05 bits per heavy atom. The van der Waals surface area contributed by atoms with Crippen molar-refractivity contribution < 1.29 is 27.5 Å². The Morgan fingerprint density at radius 3 is 2.55 bits per heavy atom. The molecule has 0 spiro atoms. The molecule has 0 heterocycles. The lowest BCUT2D eigenvalue weighted by molar-refractivity contribution is -0.142. The molecule has 0 saturated heterocycles. The van der Waals surface area contributed by atoms with Crippen molar-refractivity contribution in [2.24, 2.45) is 5.92 Å². The molecule has 3 nitrogen and oxygen atoms in total. The Kier molecular flexibility index (Phi) is 3.99. The number of halogens is 4. The highest BCUT2D eigenvalue weighted by Gasteiger charge is 2.37. The van der Waals surface area contributed by atoms with Gasteiger partial charge in [-0.25, -0.2) is 4.39 Å². The highest BCUT2D eigenvalue weighted by molar-refractivity contribution is 5.76. The maximum Gasteiger partial charge on any atom is 0.416 e. The van der Waals surface area contributed by atoms with Crippen molar-refractivity contribution >= 4 is 5.97 Å². The van der Waals surface area contributed by atoms with Crippen molar-refractivity contribution in [3.05, 3.63) is 35.1 Å². The molecule has 1 unspecified atom stereocenters. The molecule has 0 aliphatic heterocycles. The summed E-state index contributed by atoms with van der Waals surface area (Å²) in [5.74, 6) is -2.15. The Morgan fingerprint density at radius 1 is 1.40 bits per heavy atom. The third-order valence-corrected chi connectivity index (χ3v) is 3.19. The van der Waals surface area contributed by atoms with E-state index in [0.717, 1.165) is 25.0 Å². The molecular formula is C13H13F4NO2. The van der Waals surface area contributed by atoms with E-state index in [1.54, 1.807) is 0 Å². The van der Waals surface area contributed by atoms with E-state index < -0.39 is 35.1 Å². The van der Waals surface area contributed by atoms with Crippen LogP contribution in [0.3, 0.4) is 0 Å². The Labute approximate surface area is 112 Å². The monoisotopic (exact) mass is 291 g/mol. The topological polar surface area (TPSA) is 49.3 Å². The van der Waals surface area contributed by atoms with Crippen molar-refractivity contribution in [2.75, 3.05) is 6.54 Å². The zero-order valence-corrected chi connectivity index (χ0v) is 10.4. The van der Waals surface area contributed by atoms with Gasteiger partial charge in [0.1, 0.15) is 11.9 Å². The lowest BCUT2D eigenvalue weighted by Crippen LogP contribution is -2.32. The molecule has 0 radical (unpaired) electrons. The van der Waals surface area contributed by atoms with E-state index in [1.807, 2.05) is 0 Å². The number of alkyl halides is 3. The second-order valence-electron chi connectivity index (χ2n) is 4.85. The van der Waals surface area contributed by atoms with Crippen LogP contribution in [-0.2, 0) is 11.0 Å². The third kappa shape index (κ3) is 3.47. The maximum absolute atomic E-state index is 13.0. The lowest BCUT2D eigenvalue weighted by atomic mass is 9.99. The van der Waals surface area contributed by atoms with Crippen LogP contribution in [0.4, 0.5) is 17.6 Å². The van der Waals surface area contributed by atoms with Crippen LogP contribution in [-0.4, -0.2) is 17.6 Å². The summed E-state index contributed by atoms with van der Waals surface area (Å²) in [4.78, 5) is 11.2. The Bertz CT molecular complexity index is 512. The fraction of sp³-hybridized carbons (Fsp3) is 0.462. The van der Waals surface area contributed by atoms with Gasteiger partial charge in [0.25, 0.3) is 0 Å². The molecule has 7 heteroatoms. The molecule has 0 aromatic heterocycles. The highest BCUT2D eigenvalue weighted by atomic mass is 19.4. The first-order chi connectivity index (χ1) is 9.29. The smallest absolute Gasteiger partial charge is 0.416 e. The standard InChI is InChI=1S/C13H13F4NO2/c14-8-3-4-9(10(5-8)13(15,16)17)11(12(19)20)18-6-7-1-2-7/h3-5,7,11,18H,1-2,6H2,(H,19,20). The highest BCUT2D eigenvalue weighted by Crippen LogP contribution is 2.36. The van der Waals surface area contributed by atoms with Crippen molar-refractivity contribution in [1.29, 1.82) is 0 Å². The van der Waals surface area contributed by atoms with Crippen LogP contribution in [0.5, 0.6) is 0 Å². The van der Waals surface area contributed by atoms with Gasteiger partial charge in [-0.1, -0.05) is 6.07 Å². The van der Waals surface area contributed by atoms with Gasteiger partial charge >= 0.3 is 12.1 Å². The molecule has 1 saturated carbocycles. The van der Waals surface area contributed by atoms with Gasteiger partial charge in [0, 0.05) is 0 Å². The summed E-state index contributed by atoms with van der Waals surface area (Å²) in [5.41, 5.74) is -1.72. The predicted molar refractivity (Wildman–Crippen MR) is 62.5 cm³/mol. The molecule has 1 fully saturated rings. The number of hydrogen-bond acceptors (Lipinski definition) is 2. The Balaban J connectivity index is 2.33. The predicted octanol–water partition coefficient (Wildman–Crippen LogP) is 2.97. The van der Waals surface area contributed by atoms with Crippen LogP contribution in [0.25, 0.3) is 0 Å². The van der Waals surface area contributed by atoms with E-state index >= 15 is 0 Å². The third-order valence-electron chi connectivity index (χ3n) is 3.19. The summed E-state index contributed by atoms with van der Waals surface area (Å²) in [5, 5.41) is 11.7. The summed E-state index contributed by atoms with van der Waals surface area (Å²) in [7, 11) is 0. The zero-order chi connectivity index (χ0) is 14.9. The molecule has 2 N–H and O–H groups in total. The molecule has 0 bridgehead atoms. The van der Waals surface area contributed by atoms with E-state index in [1.165, 1.54) is 0 Å². The number of carboxylic acid groups (broad SMARTS) is 1. The quantitative estimate of drug-likeness (QED) is 0.820. The molecule has 20 heavy (non-hydrogen) atoms. The minimum absolute atomic E-state index is 0.312.